The standard InChI is InChI=1S/C32H27ClN2O2S/c1-4-35-30-14-11-24(20(2)34-37-21(3)36)18-27(30)28-19-25(12-15-31(28)35)32(38)26-13-10-23(17-29(26)33)16-22-8-6-5-7-9-22/h5-15,17-19H,4,16H2,1-3H3. The zero-order chi connectivity index (χ0) is 26.8. The Labute approximate surface area is 232 Å². The molecular formula is C32H27ClN2O2S. The molecule has 0 bridgehead atoms. The molecular weight excluding hydrogens is 512 g/mol. The summed E-state index contributed by atoms with van der Waals surface area (Å²) in [7, 11) is 0. The molecule has 0 aliphatic carbocycles. The molecule has 4 aromatic carbocycles. The third kappa shape index (κ3) is 5.13. The van der Waals surface area contributed by atoms with Crippen molar-refractivity contribution >= 4 is 62.2 Å². The van der Waals surface area contributed by atoms with E-state index in [2.05, 4.69) is 65.2 Å². The summed E-state index contributed by atoms with van der Waals surface area (Å²) in [6.07, 6.45) is 0.818. The Balaban J connectivity index is 1.53. The Kier molecular flexibility index (Phi) is 7.41. The van der Waals surface area contributed by atoms with Crippen molar-refractivity contribution in [1.29, 1.82) is 0 Å². The van der Waals surface area contributed by atoms with Crippen LogP contribution in [-0.4, -0.2) is 21.1 Å². The fourth-order valence-electron chi connectivity index (χ4n) is 4.84. The van der Waals surface area contributed by atoms with Crippen molar-refractivity contribution in [2.24, 2.45) is 5.16 Å². The van der Waals surface area contributed by atoms with Gasteiger partial charge in [-0.1, -0.05) is 83.6 Å². The minimum atomic E-state index is -0.446. The van der Waals surface area contributed by atoms with Gasteiger partial charge in [-0.2, -0.15) is 0 Å². The fourth-order valence-corrected chi connectivity index (χ4v) is 5.49. The number of rotatable bonds is 7. The smallest absolute Gasteiger partial charge is 0.331 e. The molecule has 0 spiro atoms. The summed E-state index contributed by atoms with van der Waals surface area (Å²) in [5.74, 6) is -0.446. The Morgan fingerprint density at radius 1 is 0.868 bits per heavy atom. The first-order valence-electron chi connectivity index (χ1n) is 12.5. The number of aryl methyl sites for hydroxylation is 1. The summed E-state index contributed by atoms with van der Waals surface area (Å²) < 4.78 is 2.28. The molecule has 1 heterocycles. The number of nitrogens with zero attached hydrogens (tertiary/aromatic N) is 2. The molecule has 5 rings (SSSR count). The number of benzene rings is 4. The second-order valence-corrected chi connectivity index (χ2v) is 10.1. The average molecular weight is 539 g/mol. The molecule has 0 amide bonds. The normalized spacial score (nSPS) is 11.7. The average Bonchev–Trinajstić information content (AvgIpc) is 3.24. The van der Waals surface area contributed by atoms with Crippen molar-refractivity contribution in [1.82, 2.24) is 4.57 Å². The number of carbonyl (C=O) groups is 1. The van der Waals surface area contributed by atoms with E-state index in [0.717, 1.165) is 57.0 Å². The Bertz CT molecular complexity index is 1720. The van der Waals surface area contributed by atoms with Crippen molar-refractivity contribution in [3.05, 3.63) is 118 Å². The Morgan fingerprint density at radius 3 is 2.16 bits per heavy atom. The van der Waals surface area contributed by atoms with E-state index in [1.807, 2.05) is 43.3 Å². The van der Waals surface area contributed by atoms with E-state index < -0.39 is 5.97 Å². The van der Waals surface area contributed by atoms with Crippen LogP contribution in [0, 0.1) is 0 Å². The molecule has 0 N–H and O–H groups in total. The quantitative estimate of drug-likeness (QED) is 0.0691. The highest BCUT2D eigenvalue weighted by Gasteiger charge is 2.15. The van der Waals surface area contributed by atoms with Gasteiger partial charge >= 0.3 is 5.97 Å². The van der Waals surface area contributed by atoms with Crippen molar-refractivity contribution in [3.63, 3.8) is 0 Å². The molecule has 0 atom stereocenters. The van der Waals surface area contributed by atoms with Gasteiger partial charge in [0.1, 0.15) is 0 Å². The molecule has 190 valence electrons. The van der Waals surface area contributed by atoms with Crippen LogP contribution in [0.5, 0.6) is 0 Å². The lowest BCUT2D eigenvalue weighted by atomic mass is 9.98. The van der Waals surface area contributed by atoms with Crippen LogP contribution in [0.1, 0.15) is 48.6 Å². The van der Waals surface area contributed by atoms with E-state index in [-0.39, 0.29) is 0 Å². The van der Waals surface area contributed by atoms with E-state index in [1.165, 1.54) is 12.5 Å². The molecule has 5 aromatic rings. The molecule has 0 unspecified atom stereocenters. The summed E-state index contributed by atoms with van der Waals surface area (Å²) in [5, 5.41) is 6.80. The molecule has 6 heteroatoms. The van der Waals surface area contributed by atoms with Gasteiger partial charge in [-0.25, -0.2) is 4.79 Å². The summed E-state index contributed by atoms with van der Waals surface area (Å²) >= 11 is 12.7. The number of fused-ring (bicyclic) bond motifs is 3. The van der Waals surface area contributed by atoms with Crippen LogP contribution in [0.15, 0.2) is 90.1 Å². The van der Waals surface area contributed by atoms with Gasteiger partial charge in [0.05, 0.1) is 10.6 Å². The zero-order valence-corrected chi connectivity index (χ0v) is 23.1. The van der Waals surface area contributed by atoms with Crippen LogP contribution in [0.3, 0.4) is 0 Å². The van der Waals surface area contributed by atoms with Crippen molar-refractivity contribution < 1.29 is 9.63 Å². The first kappa shape index (κ1) is 25.8. The SMILES string of the molecule is CCn1c2ccc(C(=S)c3ccc(Cc4ccccc4)cc3Cl)cc2c2cc(C(C)=NOC(C)=O)ccc21. The third-order valence-electron chi connectivity index (χ3n) is 6.70. The van der Waals surface area contributed by atoms with E-state index >= 15 is 0 Å². The second-order valence-electron chi connectivity index (χ2n) is 9.27. The molecule has 0 saturated carbocycles. The van der Waals surface area contributed by atoms with Crippen molar-refractivity contribution in [2.75, 3.05) is 0 Å². The van der Waals surface area contributed by atoms with E-state index in [1.54, 1.807) is 0 Å². The van der Waals surface area contributed by atoms with Gasteiger partial charge in [-0.15, -0.1) is 0 Å². The Hall–Kier alpha value is -3.80. The lowest BCUT2D eigenvalue weighted by molar-refractivity contribution is -0.140. The van der Waals surface area contributed by atoms with Gasteiger partial charge in [0.25, 0.3) is 0 Å². The molecule has 0 aliphatic rings. The number of carbonyl (C=O) groups excluding carboxylic acids is 1. The van der Waals surface area contributed by atoms with Crippen LogP contribution in [0.4, 0.5) is 0 Å². The maximum absolute atomic E-state index is 11.2. The van der Waals surface area contributed by atoms with Crippen molar-refractivity contribution in [3.8, 4) is 0 Å². The highest BCUT2D eigenvalue weighted by Crippen LogP contribution is 2.32. The van der Waals surface area contributed by atoms with Crippen molar-refractivity contribution in [2.45, 2.75) is 33.7 Å². The number of thiocarbonyl (C=S) groups is 1. The minimum absolute atomic E-state index is 0.446. The number of aromatic nitrogens is 1. The molecule has 0 aliphatic heterocycles. The first-order chi connectivity index (χ1) is 18.4. The maximum atomic E-state index is 11.2. The molecule has 38 heavy (non-hydrogen) atoms. The number of halogens is 1. The number of hydrogen-bond donors (Lipinski definition) is 0. The molecule has 1 aromatic heterocycles. The highest BCUT2D eigenvalue weighted by atomic mass is 35.5. The second kappa shape index (κ2) is 10.9. The lowest BCUT2D eigenvalue weighted by Gasteiger charge is -2.10. The molecule has 0 radical (unpaired) electrons. The largest absolute Gasteiger partial charge is 0.341 e. The molecule has 4 nitrogen and oxygen atoms in total. The Morgan fingerprint density at radius 2 is 1.53 bits per heavy atom. The summed E-state index contributed by atoms with van der Waals surface area (Å²) in [6.45, 7) is 6.13. The summed E-state index contributed by atoms with van der Waals surface area (Å²) in [4.78, 5) is 16.8. The fraction of sp³-hybridized carbons (Fsp3) is 0.156. The summed E-state index contributed by atoms with van der Waals surface area (Å²) in [6, 6.07) is 29.0. The first-order valence-corrected chi connectivity index (χ1v) is 13.3. The van der Waals surface area contributed by atoms with Gasteiger partial charge in [0, 0.05) is 45.9 Å². The van der Waals surface area contributed by atoms with Gasteiger partial charge in [-0.05, 0) is 72.9 Å². The summed E-state index contributed by atoms with van der Waals surface area (Å²) in [5.41, 5.74) is 7.95. The molecule has 0 fully saturated rings. The van der Waals surface area contributed by atoms with Crippen LogP contribution in [0.25, 0.3) is 21.8 Å². The van der Waals surface area contributed by atoms with Crippen LogP contribution >= 0.6 is 23.8 Å². The predicted octanol–water partition coefficient (Wildman–Crippen LogP) is 8.11. The number of oxime groups is 1. The van der Waals surface area contributed by atoms with Gasteiger partial charge in [-0.3, -0.25) is 0 Å². The van der Waals surface area contributed by atoms with E-state index in [0.29, 0.717) is 15.6 Å². The van der Waals surface area contributed by atoms with Gasteiger partial charge in [0.15, 0.2) is 0 Å². The maximum Gasteiger partial charge on any atom is 0.331 e. The van der Waals surface area contributed by atoms with Crippen LogP contribution in [-0.2, 0) is 22.6 Å². The van der Waals surface area contributed by atoms with Crippen LogP contribution in [0.2, 0.25) is 5.02 Å². The lowest BCUT2D eigenvalue weighted by Crippen LogP contribution is -2.02. The number of hydrogen-bond acceptors (Lipinski definition) is 4. The van der Waals surface area contributed by atoms with Crippen LogP contribution < -0.4 is 0 Å². The van der Waals surface area contributed by atoms with E-state index in [4.69, 9.17) is 28.7 Å². The zero-order valence-electron chi connectivity index (χ0n) is 21.5. The van der Waals surface area contributed by atoms with E-state index in [9.17, 15) is 4.79 Å². The highest BCUT2D eigenvalue weighted by molar-refractivity contribution is 7.81. The van der Waals surface area contributed by atoms with Gasteiger partial charge in [0.2, 0.25) is 0 Å². The monoisotopic (exact) mass is 538 g/mol. The minimum Gasteiger partial charge on any atom is -0.341 e. The topological polar surface area (TPSA) is 43.6 Å². The predicted molar refractivity (Wildman–Crippen MR) is 161 cm³/mol. The third-order valence-corrected chi connectivity index (χ3v) is 7.47. The van der Waals surface area contributed by atoms with Gasteiger partial charge < -0.3 is 9.40 Å². The molecule has 0 saturated heterocycles.